The molecule has 5 nitrogen and oxygen atoms in total. The molecule has 0 bridgehead atoms. The summed E-state index contributed by atoms with van der Waals surface area (Å²) >= 11 is 0. The second kappa shape index (κ2) is 8.50. The van der Waals surface area contributed by atoms with Gasteiger partial charge in [0.05, 0.1) is 17.6 Å². The Balaban J connectivity index is 1.59. The molecule has 1 aliphatic heterocycles. The van der Waals surface area contributed by atoms with E-state index in [1.807, 2.05) is 36.4 Å². The zero-order chi connectivity index (χ0) is 18.4. The van der Waals surface area contributed by atoms with Gasteiger partial charge in [0.2, 0.25) is 5.91 Å². The Bertz CT molecular complexity index is 812. The minimum atomic E-state index is -0.190. The lowest BCUT2D eigenvalue weighted by Crippen LogP contribution is -2.40. The van der Waals surface area contributed by atoms with Crippen LogP contribution in [0.25, 0.3) is 0 Å². The fraction of sp³-hybridized carbons (Fsp3) is 0.333. The Morgan fingerprint density at radius 3 is 2.85 bits per heavy atom. The van der Waals surface area contributed by atoms with Gasteiger partial charge in [-0.3, -0.25) is 9.69 Å². The summed E-state index contributed by atoms with van der Waals surface area (Å²) in [6, 6.07) is 18.1. The highest BCUT2D eigenvalue weighted by molar-refractivity contribution is 5.76. The summed E-state index contributed by atoms with van der Waals surface area (Å²) in [5.41, 5.74) is 9.48. The third-order valence-corrected chi connectivity index (χ3v) is 4.79. The number of nitrogens with two attached hydrogens (primary N) is 1. The first-order chi connectivity index (χ1) is 12.6. The van der Waals surface area contributed by atoms with Gasteiger partial charge >= 0.3 is 0 Å². The number of carbonyl (C=O) groups excluding carboxylic acids is 1. The Labute approximate surface area is 154 Å². The third-order valence-electron chi connectivity index (χ3n) is 4.79. The number of amides is 1. The molecule has 0 spiro atoms. The largest absolute Gasteiger partial charge is 0.381 e. The van der Waals surface area contributed by atoms with Crippen LogP contribution in [0.15, 0.2) is 48.5 Å². The zero-order valence-electron chi connectivity index (χ0n) is 14.8. The minimum Gasteiger partial charge on any atom is -0.381 e. The van der Waals surface area contributed by atoms with Gasteiger partial charge in [-0.15, -0.1) is 0 Å². The number of piperidine rings is 1. The van der Waals surface area contributed by atoms with Gasteiger partial charge in [-0.1, -0.05) is 24.3 Å². The summed E-state index contributed by atoms with van der Waals surface area (Å²) in [7, 11) is 0. The van der Waals surface area contributed by atoms with Crippen molar-refractivity contribution in [1.29, 1.82) is 5.26 Å². The molecular formula is C21H24N4O. The number of rotatable bonds is 6. The van der Waals surface area contributed by atoms with Crippen molar-refractivity contribution in [3.63, 3.8) is 0 Å². The van der Waals surface area contributed by atoms with Gasteiger partial charge in [-0.25, -0.2) is 0 Å². The van der Waals surface area contributed by atoms with Crippen LogP contribution in [0.3, 0.4) is 0 Å². The number of carbonyl (C=O) groups is 1. The van der Waals surface area contributed by atoms with Crippen LogP contribution in [0, 0.1) is 17.2 Å². The predicted octanol–water partition coefficient (Wildman–Crippen LogP) is 2.87. The first kappa shape index (κ1) is 18.0. The maximum absolute atomic E-state index is 11.4. The van der Waals surface area contributed by atoms with E-state index < -0.39 is 0 Å². The second-order valence-corrected chi connectivity index (χ2v) is 6.84. The molecule has 1 aliphatic rings. The van der Waals surface area contributed by atoms with Crippen LogP contribution in [0.5, 0.6) is 0 Å². The van der Waals surface area contributed by atoms with Crippen LogP contribution < -0.4 is 11.1 Å². The SMILES string of the molecule is N#Cc1cccc(CNc2cccc(CN3CCC[C@H](C(N)=O)C3)c2)c1. The number of hydrogen-bond donors (Lipinski definition) is 2. The maximum atomic E-state index is 11.4. The average Bonchev–Trinajstić information content (AvgIpc) is 2.67. The molecule has 0 unspecified atom stereocenters. The van der Waals surface area contributed by atoms with Crippen molar-refractivity contribution in [2.24, 2.45) is 11.7 Å². The molecule has 0 saturated carbocycles. The summed E-state index contributed by atoms with van der Waals surface area (Å²) in [6.45, 7) is 3.24. The number of benzene rings is 2. The van der Waals surface area contributed by atoms with Crippen LogP contribution in [0.1, 0.15) is 29.5 Å². The summed E-state index contributed by atoms with van der Waals surface area (Å²) < 4.78 is 0. The van der Waals surface area contributed by atoms with Gasteiger partial charge in [-0.2, -0.15) is 5.26 Å². The molecule has 26 heavy (non-hydrogen) atoms. The second-order valence-electron chi connectivity index (χ2n) is 6.84. The molecule has 0 aromatic heterocycles. The number of hydrogen-bond acceptors (Lipinski definition) is 4. The zero-order valence-corrected chi connectivity index (χ0v) is 14.8. The van der Waals surface area contributed by atoms with E-state index in [0.717, 1.165) is 43.7 Å². The van der Waals surface area contributed by atoms with Gasteiger partial charge in [-0.05, 0) is 54.8 Å². The molecule has 2 aromatic rings. The van der Waals surface area contributed by atoms with Gasteiger partial charge in [0.1, 0.15) is 0 Å². The van der Waals surface area contributed by atoms with E-state index in [4.69, 9.17) is 11.0 Å². The van der Waals surface area contributed by atoms with Gasteiger partial charge in [0.25, 0.3) is 0 Å². The number of primary amides is 1. The van der Waals surface area contributed by atoms with Crippen molar-refractivity contribution in [2.45, 2.75) is 25.9 Å². The van der Waals surface area contributed by atoms with Crippen molar-refractivity contribution >= 4 is 11.6 Å². The standard InChI is InChI=1S/C21H24N4O/c22-12-16-4-1-5-17(10-16)13-24-20-8-2-6-18(11-20)14-25-9-3-7-19(15-25)21(23)26/h1-2,4-6,8,10-11,19,24H,3,7,9,13-15H2,(H2,23,26)/t19-/m0/s1. The van der Waals surface area contributed by atoms with E-state index in [9.17, 15) is 4.79 Å². The number of anilines is 1. The maximum Gasteiger partial charge on any atom is 0.221 e. The van der Waals surface area contributed by atoms with Crippen molar-refractivity contribution in [3.05, 3.63) is 65.2 Å². The summed E-state index contributed by atoms with van der Waals surface area (Å²) in [4.78, 5) is 13.7. The molecule has 1 amide bonds. The highest BCUT2D eigenvalue weighted by Crippen LogP contribution is 2.20. The minimum absolute atomic E-state index is 0.0301. The Morgan fingerprint density at radius 1 is 1.23 bits per heavy atom. The third kappa shape index (κ3) is 4.84. The van der Waals surface area contributed by atoms with Gasteiger partial charge in [0.15, 0.2) is 0 Å². The smallest absolute Gasteiger partial charge is 0.221 e. The summed E-state index contributed by atoms with van der Waals surface area (Å²) in [5, 5.41) is 12.4. The van der Waals surface area contributed by atoms with Crippen LogP contribution >= 0.6 is 0 Å². The molecule has 1 heterocycles. The van der Waals surface area contributed by atoms with E-state index in [1.54, 1.807) is 0 Å². The molecule has 5 heteroatoms. The molecule has 0 aliphatic carbocycles. The number of nitrogens with zero attached hydrogens (tertiary/aromatic N) is 2. The molecule has 134 valence electrons. The van der Waals surface area contributed by atoms with Crippen LogP contribution in [0.2, 0.25) is 0 Å². The number of nitriles is 1. The molecule has 0 radical (unpaired) electrons. The molecule has 3 N–H and O–H groups in total. The Hall–Kier alpha value is -2.84. The van der Waals surface area contributed by atoms with Crippen molar-refractivity contribution in [2.75, 3.05) is 18.4 Å². The fourth-order valence-corrected chi connectivity index (χ4v) is 3.42. The topological polar surface area (TPSA) is 82.2 Å². The van der Waals surface area contributed by atoms with Crippen LogP contribution in [0.4, 0.5) is 5.69 Å². The Kier molecular flexibility index (Phi) is 5.88. The highest BCUT2D eigenvalue weighted by Gasteiger charge is 2.23. The lowest BCUT2D eigenvalue weighted by atomic mass is 9.97. The predicted molar refractivity (Wildman–Crippen MR) is 102 cm³/mol. The molecule has 1 saturated heterocycles. The van der Waals surface area contributed by atoms with Crippen molar-refractivity contribution in [3.8, 4) is 6.07 Å². The molecule has 3 rings (SSSR count). The molecule has 1 fully saturated rings. The Morgan fingerprint density at radius 2 is 2.04 bits per heavy atom. The molecule has 1 atom stereocenters. The van der Waals surface area contributed by atoms with Crippen LogP contribution in [-0.4, -0.2) is 23.9 Å². The monoisotopic (exact) mass is 348 g/mol. The summed E-state index contributed by atoms with van der Waals surface area (Å²) in [5.74, 6) is -0.220. The normalized spacial score (nSPS) is 17.4. The summed E-state index contributed by atoms with van der Waals surface area (Å²) in [6.07, 6.45) is 1.91. The quantitative estimate of drug-likeness (QED) is 0.841. The van der Waals surface area contributed by atoms with E-state index in [2.05, 4.69) is 28.4 Å². The van der Waals surface area contributed by atoms with E-state index >= 15 is 0 Å². The van der Waals surface area contributed by atoms with Gasteiger partial charge in [0, 0.05) is 25.3 Å². The van der Waals surface area contributed by atoms with E-state index in [-0.39, 0.29) is 11.8 Å². The average molecular weight is 348 g/mol. The molecule has 2 aromatic carbocycles. The lowest BCUT2D eigenvalue weighted by Gasteiger charge is -2.31. The van der Waals surface area contributed by atoms with E-state index in [0.29, 0.717) is 12.1 Å². The lowest BCUT2D eigenvalue weighted by molar-refractivity contribution is -0.123. The number of nitrogens with one attached hydrogen (secondary N) is 1. The van der Waals surface area contributed by atoms with Gasteiger partial charge < -0.3 is 11.1 Å². The molecular weight excluding hydrogens is 324 g/mol. The van der Waals surface area contributed by atoms with E-state index in [1.165, 1.54) is 5.56 Å². The van der Waals surface area contributed by atoms with Crippen LogP contribution in [-0.2, 0) is 17.9 Å². The van der Waals surface area contributed by atoms with Crippen molar-refractivity contribution < 1.29 is 4.79 Å². The number of likely N-dealkylation sites (tertiary alicyclic amines) is 1. The highest BCUT2D eigenvalue weighted by atomic mass is 16.1. The van der Waals surface area contributed by atoms with Crippen molar-refractivity contribution in [1.82, 2.24) is 4.90 Å². The fourth-order valence-electron chi connectivity index (χ4n) is 3.42. The first-order valence-corrected chi connectivity index (χ1v) is 8.97. The first-order valence-electron chi connectivity index (χ1n) is 8.97.